The highest BCUT2D eigenvalue weighted by Gasteiger charge is 2.34. The molecular weight excluding hydrogens is 303 g/mol. The highest BCUT2D eigenvalue weighted by atomic mass is 32.1. The zero-order chi connectivity index (χ0) is 15.5. The standard InChI is InChI=1S/C15H19FN4OS/c1-19(15(21)11-2-3-17-7-11)9-13-6-12(16)8-20(13)10-14-18-4-5-22-14/h2-5,7,12-13,17H,6,8-10H2,1H3/t12-,13-/m0/s1. The van der Waals surface area contributed by atoms with Crippen molar-refractivity contribution in [1.29, 1.82) is 0 Å². The zero-order valence-electron chi connectivity index (χ0n) is 12.4. The van der Waals surface area contributed by atoms with Gasteiger partial charge in [0, 0.05) is 50.1 Å². The summed E-state index contributed by atoms with van der Waals surface area (Å²) in [5, 5.41) is 2.91. The number of aromatic amines is 1. The molecule has 0 bridgehead atoms. The molecule has 3 rings (SSSR count). The van der Waals surface area contributed by atoms with E-state index < -0.39 is 6.17 Å². The number of H-pyrrole nitrogens is 1. The van der Waals surface area contributed by atoms with E-state index in [1.807, 2.05) is 5.38 Å². The highest BCUT2D eigenvalue weighted by molar-refractivity contribution is 7.09. The lowest BCUT2D eigenvalue weighted by molar-refractivity contribution is 0.0750. The maximum absolute atomic E-state index is 13.8. The topological polar surface area (TPSA) is 52.2 Å². The Labute approximate surface area is 132 Å². The smallest absolute Gasteiger partial charge is 0.255 e. The number of likely N-dealkylation sites (tertiary alicyclic amines) is 1. The maximum atomic E-state index is 13.8. The minimum atomic E-state index is -0.833. The number of hydrogen-bond donors (Lipinski definition) is 1. The summed E-state index contributed by atoms with van der Waals surface area (Å²) in [4.78, 5) is 23.2. The van der Waals surface area contributed by atoms with Crippen LogP contribution in [0.15, 0.2) is 30.0 Å². The summed E-state index contributed by atoms with van der Waals surface area (Å²) in [6.45, 7) is 1.58. The molecule has 0 aromatic carbocycles. The third-order valence-corrected chi connectivity index (χ3v) is 4.74. The molecule has 2 atom stereocenters. The van der Waals surface area contributed by atoms with Crippen LogP contribution in [0.1, 0.15) is 21.8 Å². The summed E-state index contributed by atoms with van der Waals surface area (Å²) in [7, 11) is 1.77. The summed E-state index contributed by atoms with van der Waals surface area (Å²) < 4.78 is 13.8. The molecule has 0 aliphatic carbocycles. The zero-order valence-corrected chi connectivity index (χ0v) is 13.2. The van der Waals surface area contributed by atoms with E-state index in [1.165, 1.54) is 0 Å². The second-order valence-electron chi connectivity index (χ2n) is 5.63. The number of amides is 1. The largest absolute Gasteiger partial charge is 0.367 e. The van der Waals surface area contributed by atoms with Gasteiger partial charge in [0.25, 0.3) is 5.91 Å². The molecule has 1 amide bonds. The first kappa shape index (κ1) is 15.2. The number of halogens is 1. The van der Waals surface area contributed by atoms with Gasteiger partial charge in [0.05, 0.1) is 12.1 Å². The van der Waals surface area contributed by atoms with E-state index in [0.717, 1.165) is 5.01 Å². The first-order valence-corrected chi connectivity index (χ1v) is 8.16. The average molecular weight is 322 g/mol. The predicted octanol–water partition coefficient (Wildman–Crippen LogP) is 2.16. The lowest BCUT2D eigenvalue weighted by Gasteiger charge is -2.27. The van der Waals surface area contributed by atoms with E-state index in [4.69, 9.17) is 0 Å². The Balaban J connectivity index is 1.63. The van der Waals surface area contributed by atoms with E-state index in [0.29, 0.717) is 31.6 Å². The maximum Gasteiger partial charge on any atom is 0.255 e. The number of carbonyl (C=O) groups excluding carboxylic acids is 1. The van der Waals surface area contributed by atoms with Crippen molar-refractivity contribution in [2.75, 3.05) is 20.1 Å². The van der Waals surface area contributed by atoms with Crippen LogP contribution in [0.2, 0.25) is 0 Å². The third kappa shape index (κ3) is 3.36. The van der Waals surface area contributed by atoms with Gasteiger partial charge in [-0.05, 0) is 12.5 Å². The Morgan fingerprint density at radius 3 is 3.18 bits per heavy atom. The van der Waals surface area contributed by atoms with Crippen molar-refractivity contribution in [3.63, 3.8) is 0 Å². The summed E-state index contributed by atoms with van der Waals surface area (Å²) in [5.74, 6) is -0.0437. The van der Waals surface area contributed by atoms with Gasteiger partial charge in [-0.25, -0.2) is 9.37 Å². The van der Waals surface area contributed by atoms with Crippen molar-refractivity contribution < 1.29 is 9.18 Å². The fraction of sp³-hybridized carbons (Fsp3) is 0.467. The lowest BCUT2D eigenvalue weighted by Crippen LogP contribution is -2.40. The summed E-state index contributed by atoms with van der Waals surface area (Å²) in [6, 6.07) is 1.78. The molecule has 0 unspecified atom stereocenters. The van der Waals surface area contributed by atoms with Gasteiger partial charge in [-0.15, -0.1) is 11.3 Å². The fourth-order valence-electron chi connectivity index (χ4n) is 2.89. The van der Waals surface area contributed by atoms with Crippen LogP contribution in [0.3, 0.4) is 0 Å². The summed E-state index contributed by atoms with van der Waals surface area (Å²) >= 11 is 1.58. The van der Waals surface area contributed by atoms with Crippen molar-refractivity contribution >= 4 is 17.2 Å². The molecule has 0 saturated carbocycles. The second kappa shape index (κ2) is 6.58. The fourth-order valence-corrected chi connectivity index (χ4v) is 3.53. The van der Waals surface area contributed by atoms with E-state index >= 15 is 0 Å². The van der Waals surface area contributed by atoms with Crippen LogP contribution in [-0.4, -0.2) is 58.0 Å². The van der Waals surface area contributed by atoms with Crippen LogP contribution in [0.4, 0.5) is 4.39 Å². The molecule has 7 heteroatoms. The molecule has 2 aromatic rings. The Morgan fingerprint density at radius 1 is 1.64 bits per heavy atom. The molecule has 22 heavy (non-hydrogen) atoms. The van der Waals surface area contributed by atoms with Crippen LogP contribution in [0.5, 0.6) is 0 Å². The lowest BCUT2D eigenvalue weighted by atomic mass is 10.2. The molecule has 3 heterocycles. The average Bonchev–Trinajstić information content (AvgIpc) is 3.22. The molecule has 118 valence electrons. The summed E-state index contributed by atoms with van der Waals surface area (Å²) in [6.07, 6.45) is 4.80. The van der Waals surface area contributed by atoms with Crippen molar-refractivity contribution in [1.82, 2.24) is 19.8 Å². The molecule has 2 aromatic heterocycles. The van der Waals surface area contributed by atoms with Crippen LogP contribution >= 0.6 is 11.3 Å². The highest BCUT2D eigenvalue weighted by Crippen LogP contribution is 2.24. The number of hydrogen-bond acceptors (Lipinski definition) is 4. The number of alkyl halides is 1. The van der Waals surface area contributed by atoms with Crippen LogP contribution in [0, 0.1) is 0 Å². The minimum Gasteiger partial charge on any atom is -0.367 e. The number of likely N-dealkylation sites (N-methyl/N-ethyl adjacent to an activating group) is 1. The number of nitrogens with zero attached hydrogens (tertiary/aromatic N) is 3. The van der Waals surface area contributed by atoms with Crippen molar-refractivity contribution in [3.05, 3.63) is 40.6 Å². The predicted molar refractivity (Wildman–Crippen MR) is 83.6 cm³/mol. The molecule has 1 N–H and O–H groups in total. The Kier molecular flexibility index (Phi) is 4.54. The van der Waals surface area contributed by atoms with Gasteiger partial charge in [0.2, 0.25) is 0 Å². The number of thiazole rings is 1. The van der Waals surface area contributed by atoms with Crippen molar-refractivity contribution in [2.24, 2.45) is 0 Å². The first-order chi connectivity index (χ1) is 10.6. The van der Waals surface area contributed by atoms with Crippen LogP contribution in [-0.2, 0) is 6.54 Å². The Bertz CT molecular complexity index is 601. The molecular formula is C15H19FN4OS. The third-order valence-electron chi connectivity index (χ3n) is 3.97. The molecule has 1 fully saturated rings. The van der Waals surface area contributed by atoms with Gasteiger partial charge in [0.15, 0.2) is 0 Å². The molecule has 1 aliphatic rings. The molecule has 1 aliphatic heterocycles. The molecule has 5 nitrogen and oxygen atoms in total. The SMILES string of the molecule is CN(C[C@@H]1C[C@H](F)CN1Cc1nccs1)C(=O)c1cc[nH]c1. The van der Waals surface area contributed by atoms with Gasteiger partial charge in [-0.3, -0.25) is 9.69 Å². The minimum absolute atomic E-state index is 0.0341. The monoisotopic (exact) mass is 322 g/mol. The molecule has 1 saturated heterocycles. The summed E-state index contributed by atoms with van der Waals surface area (Å²) in [5.41, 5.74) is 0.628. The number of nitrogens with one attached hydrogen (secondary N) is 1. The van der Waals surface area contributed by atoms with Gasteiger partial charge >= 0.3 is 0 Å². The van der Waals surface area contributed by atoms with Crippen molar-refractivity contribution in [3.8, 4) is 0 Å². The van der Waals surface area contributed by atoms with E-state index in [-0.39, 0.29) is 11.9 Å². The Hall–Kier alpha value is -1.73. The van der Waals surface area contributed by atoms with E-state index in [2.05, 4.69) is 14.9 Å². The Morgan fingerprint density at radius 2 is 2.50 bits per heavy atom. The van der Waals surface area contributed by atoms with E-state index in [1.54, 1.807) is 47.9 Å². The van der Waals surface area contributed by atoms with Crippen molar-refractivity contribution in [2.45, 2.75) is 25.2 Å². The van der Waals surface area contributed by atoms with Gasteiger partial charge in [-0.1, -0.05) is 0 Å². The van der Waals surface area contributed by atoms with Crippen LogP contribution < -0.4 is 0 Å². The van der Waals surface area contributed by atoms with Gasteiger partial charge < -0.3 is 9.88 Å². The number of carbonyl (C=O) groups is 1. The van der Waals surface area contributed by atoms with Gasteiger partial charge in [0.1, 0.15) is 11.2 Å². The number of rotatable bonds is 5. The normalized spacial score (nSPS) is 22.1. The quantitative estimate of drug-likeness (QED) is 0.918. The first-order valence-electron chi connectivity index (χ1n) is 7.28. The number of aromatic nitrogens is 2. The van der Waals surface area contributed by atoms with E-state index in [9.17, 15) is 9.18 Å². The second-order valence-corrected chi connectivity index (χ2v) is 6.61. The molecule has 0 spiro atoms. The van der Waals surface area contributed by atoms with Gasteiger partial charge in [-0.2, -0.15) is 0 Å². The molecule has 0 radical (unpaired) electrons. The van der Waals surface area contributed by atoms with Crippen LogP contribution in [0.25, 0.3) is 0 Å².